The van der Waals surface area contributed by atoms with Gasteiger partial charge in [0.15, 0.2) is 11.5 Å². The van der Waals surface area contributed by atoms with Gasteiger partial charge in [0.25, 0.3) is 5.91 Å². The van der Waals surface area contributed by atoms with Gasteiger partial charge in [-0.05, 0) is 31.5 Å². The van der Waals surface area contributed by atoms with Gasteiger partial charge in [-0.25, -0.2) is 0 Å². The molecular weight excluding hydrogens is 364 g/mol. The summed E-state index contributed by atoms with van der Waals surface area (Å²) in [5.41, 5.74) is 3.77. The first-order valence-electron chi connectivity index (χ1n) is 9.38. The van der Waals surface area contributed by atoms with E-state index in [2.05, 4.69) is 17.5 Å². The lowest BCUT2D eigenvalue weighted by atomic mass is 9.86. The topological polar surface area (TPSA) is 71.3 Å². The van der Waals surface area contributed by atoms with E-state index < -0.39 is 5.41 Å². The molecule has 2 aromatic rings. The van der Waals surface area contributed by atoms with Crippen molar-refractivity contribution in [1.29, 1.82) is 5.26 Å². The highest BCUT2D eigenvalue weighted by molar-refractivity contribution is 6.00. The zero-order valence-electron chi connectivity index (χ0n) is 18.1. The van der Waals surface area contributed by atoms with Gasteiger partial charge in [0.2, 0.25) is 0 Å². The first kappa shape index (κ1) is 22.0. The highest BCUT2D eigenvalue weighted by Crippen LogP contribution is 2.34. The Bertz CT molecular complexity index is 972. The molecule has 152 valence electrons. The zero-order valence-corrected chi connectivity index (χ0v) is 18.1. The van der Waals surface area contributed by atoms with E-state index in [1.165, 1.54) is 14.2 Å². The third-order valence-electron chi connectivity index (χ3n) is 4.51. The van der Waals surface area contributed by atoms with Gasteiger partial charge in [0.1, 0.15) is 6.07 Å². The van der Waals surface area contributed by atoms with Gasteiger partial charge in [-0.1, -0.05) is 56.2 Å². The largest absolute Gasteiger partial charge is 0.493 e. The minimum atomic E-state index is -0.468. The quantitative estimate of drug-likeness (QED) is 0.724. The fourth-order valence-corrected chi connectivity index (χ4v) is 3.26. The zero-order chi connectivity index (χ0) is 21.8. The normalized spacial score (nSPS) is 11.9. The van der Waals surface area contributed by atoms with E-state index in [4.69, 9.17) is 9.47 Å². The maximum atomic E-state index is 13.1. The number of ether oxygens (including phenoxy) is 2. The van der Waals surface area contributed by atoms with Crippen LogP contribution in [0, 0.1) is 30.6 Å². The van der Waals surface area contributed by atoms with Crippen molar-refractivity contribution in [1.82, 2.24) is 5.32 Å². The van der Waals surface area contributed by atoms with Crippen LogP contribution in [0.5, 0.6) is 11.5 Å². The van der Waals surface area contributed by atoms with Crippen molar-refractivity contribution in [2.45, 2.75) is 34.6 Å². The first-order valence-corrected chi connectivity index (χ1v) is 9.38. The molecule has 1 amide bonds. The molecule has 29 heavy (non-hydrogen) atoms. The van der Waals surface area contributed by atoms with Crippen LogP contribution in [-0.4, -0.2) is 20.1 Å². The number of hydrogen-bond donors (Lipinski definition) is 1. The van der Waals surface area contributed by atoms with Crippen molar-refractivity contribution in [2.24, 2.45) is 5.41 Å². The monoisotopic (exact) mass is 392 g/mol. The van der Waals surface area contributed by atoms with Crippen LogP contribution in [0.2, 0.25) is 0 Å². The number of aryl methyl sites for hydroxylation is 2. The summed E-state index contributed by atoms with van der Waals surface area (Å²) in [5.74, 6) is 0.463. The molecule has 0 saturated heterocycles. The summed E-state index contributed by atoms with van der Waals surface area (Å²) in [6.07, 6.45) is 0. The highest BCUT2D eigenvalue weighted by Gasteiger charge is 2.27. The van der Waals surface area contributed by atoms with Crippen molar-refractivity contribution in [3.63, 3.8) is 0 Å². The molecule has 0 aromatic heterocycles. The second-order valence-electron chi connectivity index (χ2n) is 7.98. The van der Waals surface area contributed by atoms with Crippen LogP contribution in [0.4, 0.5) is 0 Å². The molecular formula is C24H28N2O3. The second kappa shape index (κ2) is 8.83. The van der Waals surface area contributed by atoms with Crippen LogP contribution in [0.3, 0.4) is 0 Å². The molecule has 0 radical (unpaired) electrons. The van der Waals surface area contributed by atoms with Crippen LogP contribution < -0.4 is 14.8 Å². The summed E-state index contributed by atoms with van der Waals surface area (Å²) in [6.45, 7) is 9.87. The summed E-state index contributed by atoms with van der Waals surface area (Å²) in [5, 5.41) is 12.9. The van der Waals surface area contributed by atoms with Crippen LogP contribution in [0.1, 0.15) is 47.8 Å². The van der Waals surface area contributed by atoms with Crippen LogP contribution in [0.25, 0.3) is 5.57 Å². The Hall–Kier alpha value is -3.26. The van der Waals surface area contributed by atoms with Gasteiger partial charge in [-0.3, -0.25) is 4.79 Å². The van der Waals surface area contributed by atoms with E-state index in [0.717, 1.165) is 16.7 Å². The molecule has 0 spiro atoms. The van der Waals surface area contributed by atoms with Crippen LogP contribution in [0.15, 0.2) is 42.1 Å². The summed E-state index contributed by atoms with van der Waals surface area (Å²) < 4.78 is 10.7. The van der Waals surface area contributed by atoms with E-state index in [0.29, 0.717) is 28.3 Å². The lowest BCUT2D eigenvalue weighted by molar-refractivity contribution is 0.0954. The number of amides is 1. The Balaban J connectivity index is 2.61. The molecule has 0 unspecified atom stereocenters. The smallest absolute Gasteiger partial charge is 0.259 e. The molecule has 1 N–H and O–H groups in total. The molecule has 0 aliphatic heterocycles. The number of hydrogen-bond acceptors (Lipinski definition) is 4. The number of carbonyl (C=O) groups is 1. The van der Waals surface area contributed by atoms with Gasteiger partial charge >= 0.3 is 0 Å². The number of methoxy groups -OCH3 is 2. The van der Waals surface area contributed by atoms with E-state index in [9.17, 15) is 10.1 Å². The first-order chi connectivity index (χ1) is 13.6. The Kier molecular flexibility index (Phi) is 6.71. The van der Waals surface area contributed by atoms with Gasteiger partial charge in [-0.15, -0.1) is 0 Å². The summed E-state index contributed by atoms with van der Waals surface area (Å²) >= 11 is 0. The molecule has 2 rings (SSSR count). The number of nitriles is 1. The molecule has 0 saturated carbocycles. The molecule has 0 atom stereocenters. The van der Waals surface area contributed by atoms with Crippen LogP contribution in [-0.2, 0) is 0 Å². The number of para-hydroxylation sites is 1. The Labute approximate surface area is 173 Å². The maximum Gasteiger partial charge on any atom is 0.259 e. The molecule has 0 bridgehead atoms. The number of nitrogens with zero attached hydrogens (tertiary/aromatic N) is 1. The standard InChI is InChI=1S/C24H28N2O3/c1-15-11-16(2)13-17(12-15)19(14-25)22(24(3,4)5)26-23(27)18-9-8-10-20(28-6)21(18)29-7/h8-13H,1-7H3,(H,26,27)/b22-19-. The predicted molar refractivity (Wildman–Crippen MR) is 115 cm³/mol. The number of carbonyl (C=O) groups excluding carboxylic acids is 1. The van der Waals surface area contributed by atoms with E-state index in [-0.39, 0.29) is 5.91 Å². The van der Waals surface area contributed by atoms with Crippen molar-refractivity contribution < 1.29 is 14.3 Å². The third-order valence-corrected chi connectivity index (χ3v) is 4.51. The molecule has 0 aliphatic rings. The highest BCUT2D eigenvalue weighted by atomic mass is 16.5. The second-order valence-corrected chi connectivity index (χ2v) is 7.98. The average Bonchev–Trinajstić information content (AvgIpc) is 2.65. The van der Waals surface area contributed by atoms with Gasteiger partial charge in [0.05, 0.1) is 25.4 Å². The molecule has 0 heterocycles. The Morgan fingerprint density at radius 1 is 1.03 bits per heavy atom. The third kappa shape index (κ3) is 4.97. The number of nitrogens with one attached hydrogen (secondary N) is 1. The van der Waals surface area contributed by atoms with Crippen LogP contribution >= 0.6 is 0 Å². The fraction of sp³-hybridized carbons (Fsp3) is 0.333. The van der Waals surface area contributed by atoms with Crippen molar-refractivity contribution in [2.75, 3.05) is 14.2 Å². The molecule has 2 aromatic carbocycles. The summed E-state index contributed by atoms with van der Waals surface area (Å²) in [7, 11) is 3.01. The fourth-order valence-electron chi connectivity index (χ4n) is 3.26. The van der Waals surface area contributed by atoms with Crippen molar-refractivity contribution >= 4 is 11.5 Å². The Morgan fingerprint density at radius 3 is 2.14 bits per heavy atom. The predicted octanol–water partition coefficient (Wildman–Crippen LogP) is 5.03. The average molecular weight is 392 g/mol. The lowest BCUT2D eigenvalue weighted by Gasteiger charge is -2.26. The molecule has 5 heteroatoms. The molecule has 5 nitrogen and oxygen atoms in total. The van der Waals surface area contributed by atoms with Crippen molar-refractivity contribution in [3.8, 4) is 17.6 Å². The SMILES string of the molecule is COc1cccc(C(=O)N/C(=C(/C#N)c2cc(C)cc(C)c2)C(C)(C)C)c1OC. The van der Waals surface area contributed by atoms with Gasteiger partial charge < -0.3 is 14.8 Å². The van der Waals surface area contributed by atoms with Crippen molar-refractivity contribution in [3.05, 3.63) is 64.3 Å². The Morgan fingerprint density at radius 2 is 1.66 bits per heavy atom. The van der Waals surface area contributed by atoms with E-state index in [1.54, 1.807) is 18.2 Å². The van der Waals surface area contributed by atoms with E-state index in [1.807, 2.05) is 46.8 Å². The minimum Gasteiger partial charge on any atom is -0.493 e. The number of allylic oxidation sites excluding steroid dienone is 2. The summed E-state index contributed by atoms with van der Waals surface area (Å²) in [4.78, 5) is 13.1. The van der Waals surface area contributed by atoms with Gasteiger partial charge in [-0.2, -0.15) is 5.26 Å². The summed E-state index contributed by atoms with van der Waals surface area (Å²) in [6, 6.07) is 13.4. The van der Waals surface area contributed by atoms with E-state index >= 15 is 0 Å². The maximum absolute atomic E-state index is 13.1. The molecule has 0 aliphatic carbocycles. The number of rotatable bonds is 5. The minimum absolute atomic E-state index is 0.339. The lowest BCUT2D eigenvalue weighted by Crippen LogP contribution is -2.31. The van der Waals surface area contributed by atoms with Gasteiger partial charge in [0, 0.05) is 11.1 Å². The molecule has 0 fully saturated rings. The number of benzene rings is 2.